The van der Waals surface area contributed by atoms with Crippen LogP contribution in [0.25, 0.3) is 0 Å². The summed E-state index contributed by atoms with van der Waals surface area (Å²) in [6.07, 6.45) is 0. The Morgan fingerprint density at radius 3 is 2.41 bits per heavy atom. The van der Waals surface area contributed by atoms with Gasteiger partial charge in [0.25, 0.3) is 5.91 Å². The van der Waals surface area contributed by atoms with Gasteiger partial charge in [0.05, 0.1) is 28.5 Å². The number of nitrogens with one attached hydrogen (secondary N) is 4. The molecule has 0 bridgehead atoms. The van der Waals surface area contributed by atoms with Crippen LogP contribution in [0, 0.1) is 17.7 Å². The number of anilines is 3. The van der Waals surface area contributed by atoms with Crippen LogP contribution in [0.2, 0.25) is 5.02 Å². The standard InChI is InChI=1S/C24H27ClN4O3/c1-11-7-10-14(32-11)21(23(2,3)4)28-18-17(26)20(30)19(18)27-13-9-8-12(25)16-15(13)22(31)29-24(16,5)6/h7-10,21,26-28H,1-6H3,(H,29,31)/t21-/m0/s1. The molecule has 3 aromatic rings. The Hall–Kier alpha value is -3.06. The molecule has 7 nitrogen and oxygen atoms in total. The number of hydrogen-bond acceptors (Lipinski definition) is 6. The molecule has 0 unspecified atom stereocenters. The van der Waals surface area contributed by atoms with Crippen molar-refractivity contribution >= 4 is 34.6 Å². The Balaban J connectivity index is 1.73. The third-order valence-corrected chi connectivity index (χ3v) is 6.16. The Kier molecular flexibility index (Phi) is 5.01. The summed E-state index contributed by atoms with van der Waals surface area (Å²) in [5.41, 5.74) is 0.911. The van der Waals surface area contributed by atoms with Crippen LogP contribution >= 0.6 is 11.6 Å². The molecule has 0 aliphatic carbocycles. The molecule has 2 aromatic carbocycles. The number of halogens is 1. The first-order chi connectivity index (χ1) is 14.8. The summed E-state index contributed by atoms with van der Waals surface area (Å²) >= 11 is 6.39. The number of carbonyl (C=O) groups is 1. The molecule has 4 N–H and O–H groups in total. The topological polar surface area (TPSA) is 107 Å². The predicted molar refractivity (Wildman–Crippen MR) is 125 cm³/mol. The van der Waals surface area contributed by atoms with Crippen molar-refractivity contribution in [1.82, 2.24) is 5.32 Å². The van der Waals surface area contributed by atoms with Gasteiger partial charge < -0.3 is 20.4 Å². The minimum absolute atomic E-state index is 0.111. The third kappa shape index (κ3) is 3.50. The number of benzene rings is 1. The highest BCUT2D eigenvalue weighted by Crippen LogP contribution is 2.42. The Labute approximate surface area is 191 Å². The zero-order valence-electron chi connectivity index (χ0n) is 19.0. The molecule has 1 atom stereocenters. The molecule has 0 radical (unpaired) electrons. The fourth-order valence-electron chi connectivity index (χ4n) is 4.22. The van der Waals surface area contributed by atoms with E-state index in [1.165, 1.54) is 0 Å². The quantitative estimate of drug-likeness (QED) is 0.439. The highest BCUT2D eigenvalue weighted by Gasteiger charge is 2.39. The Morgan fingerprint density at radius 2 is 1.81 bits per heavy atom. The van der Waals surface area contributed by atoms with Gasteiger partial charge in [-0.3, -0.25) is 15.0 Å². The second kappa shape index (κ2) is 7.24. The van der Waals surface area contributed by atoms with Crippen molar-refractivity contribution < 1.29 is 9.21 Å². The van der Waals surface area contributed by atoms with E-state index in [4.69, 9.17) is 21.4 Å². The fourth-order valence-corrected chi connectivity index (χ4v) is 4.61. The van der Waals surface area contributed by atoms with Gasteiger partial charge in [-0.2, -0.15) is 0 Å². The van der Waals surface area contributed by atoms with Crippen LogP contribution in [0.5, 0.6) is 0 Å². The normalized spacial score (nSPS) is 16.0. The molecule has 1 aromatic heterocycles. The highest BCUT2D eigenvalue weighted by molar-refractivity contribution is 6.32. The van der Waals surface area contributed by atoms with Crippen molar-refractivity contribution in [3.63, 3.8) is 0 Å². The van der Waals surface area contributed by atoms with Gasteiger partial charge in [-0.25, -0.2) is 0 Å². The molecule has 8 heteroatoms. The van der Waals surface area contributed by atoms with Gasteiger partial charge >= 0.3 is 0 Å². The summed E-state index contributed by atoms with van der Waals surface area (Å²) in [6, 6.07) is 6.90. The van der Waals surface area contributed by atoms with Crippen LogP contribution in [0.3, 0.4) is 0 Å². The third-order valence-electron chi connectivity index (χ3n) is 5.85. The maximum Gasteiger partial charge on any atom is 0.254 e. The van der Waals surface area contributed by atoms with E-state index in [0.717, 1.165) is 11.5 Å². The van der Waals surface area contributed by atoms with Crippen molar-refractivity contribution in [2.45, 2.75) is 53.1 Å². The van der Waals surface area contributed by atoms with E-state index in [2.05, 4.69) is 36.7 Å². The van der Waals surface area contributed by atoms with Gasteiger partial charge in [0.1, 0.15) is 22.6 Å². The summed E-state index contributed by atoms with van der Waals surface area (Å²) in [5, 5.41) is 17.9. The van der Waals surface area contributed by atoms with Gasteiger partial charge in [0.2, 0.25) is 5.43 Å². The van der Waals surface area contributed by atoms with Gasteiger partial charge in [-0.15, -0.1) is 0 Å². The summed E-state index contributed by atoms with van der Waals surface area (Å²) < 4.78 is 5.84. The number of fused-ring (bicyclic) bond motifs is 1. The van der Waals surface area contributed by atoms with Gasteiger partial charge in [0, 0.05) is 10.6 Å². The molecule has 0 saturated carbocycles. The van der Waals surface area contributed by atoms with Gasteiger partial charge in [-0.1, -0.05) is 32.4 Å². The Morgan fingerprint density at radius 1 is 1.12 bits per heavy atom. The monoisotopic (exact) mass is 454 g/mol. The lowest BCUT2D eigenvalue weighted by Crippen LogP contribution is -2.39. The lowest BCUT2D eigenvalue weighted by atomic mass is 9.84. The fraction of sp³-hybridized carbons (Fsp3) is 0.375. The molecule has 4 rings (SSSR count). The van der Waals surface area contributed by atoms with Crippen molar-refractivity contribution in [2.75, 3.05) is 10.6 Å². The van der Waals surface area contributed by atoms with Crippen LogP contribution < -0.4 is 26.7 Å². The van der Waals surface area contributed by atoms with E-state index < -0.39 is 11.0 Å². The summed E-state index contributed by atoms with van der Waals surface area (Å²) in [7, 11) is 0. The summed E-state index contributed by atoms with van der Waals surface area (Å²) in [4.78, 5) is 25.3. The van der Waals surface area contributed by atoms with Crippen molar-refractivity contribution in [3.05, 3.63) is 67.5 Å². The molecule has 2 heterocycles. The van der Waals surface area contributed by atoms with Crippen LogP contribution in [0.4, 0.5) is 17.1 Å². The molecule has 0 spiro atoms. The van der Waals surface area contributed by atoms with Crippen molar-refractivity contribution in [1.29, 1.82) is 5.41 Å². The molecule has 1 aliphatic rings. The van der Waals surface area contributed by atoms with E-state index in [9.17, 15) is 9.59 Å². The van der Waals surface area contributed by atoms with E-state index in [1.807, 2.05) is 32.9 Å². The lowest BCUT2D eigenvalue weighted by Gasteiger charge is -2.32. The first-order valence-corrected chi connectivity index (χ1v) is 10.8. The smallest absolute Gasteiger partial charge is 0.254 e. The Bertz CT molecular complexity index is 1310. The second-order valence-electron chi connectivity index (χ2n) is 9.89. The van der Waals surface area contributed by atoms with E-state index in [0.29, 0.717) is 27.5 Å². The van der Waals surface area contributed by atoms with E-state index in [1.54, 1.807) is 12.1 Å². The van der Waals surface area contributed by atoms with Gasteiger partial charge in [0.15, 0.2) is 0 Å². The number of hydrogen-bond donors (Lipinski definition) is 4. The summed E-state index contributed by atoms with van der Waals surface area (Å²) in [5.74, 6) is 1.25. The molecule has 0 saturated heterocycles. The molecule has 168 valence electrons. The first kappa shape index (κ1) is 22.1. The number of furan rings is 1. The van der Waals surface area contributed by atoms with Crippen LogP contribution in [0.15, 0.2) is 33.5 Å². The molecule has 0 fully saturated rings. The maximum absolute atomic E-state index is 12.7. The zero-order valence-corrected chi connectivity index (χ0v) is 19.7. The minimum Gasteiger partial charge on any atom is -0.464 e. The van der Waals surface area contributed by atoms with Crippen LogP contribution in [-0.2, 0) is 5.54 Å². The lowest BCUT2D eigenvalue weighted by molar-refractivity contribution is 0.0941. The second-order valence-corrected chi connectivity index (χ2v) is 10.3. The summed E-state index contributed by atoms with van der Waals surface area (Å²) in [6.45, 7) is 11.8. The van der Waals surface area contributed by atoms with E-state index in [-0.39, 0.29) is 28.4 Å². The maximum atomic E-state index is 12.7. The van der Waals surface area contributed by atoms with Crippen molar-refractivity contribution in [3.8, 4) is 0 Å². The number of amides is 1. The average Bonchev–Trinajstić information content (AvgIpc) is 3.21. The first-order valence-electron chi connectivity index (χ1n) is 10.4. The average molecular weight is 455 g/mol. The SMILES string of the molecule is Cc1ccc([C@H](Nc2c(Nc3ccc(Cl)c4c3C(=O)NC4(C)C)c(=O)c2=N)C(C)(C)C)o1. The largest absolute Gasteiger partial charge is 0.464 e. The zero-order chi connectivity index (χ0) is 23.6. The van der Waals surface area contributed by atoms with Crippen LogP contribution in [0.1, 0.15) is 68.1 Å². The minimum atomic E-state index is -0.624. The predicted octanol–water partition coefficient (Wildman–Crippen LogP) is 4.88. The highest BCUT2D eigenvalue weighted by atomic mass is 35.5. The number of aryl methyl sites for hydroxylation is 1. The molecular formula is C24H27ClN4O3. The van der Waals surface area contributed by atoms with Gasteiger partial charge in [-0.05, 0) is 50.5 Å². The van der Waals surface area contributed by atoms with E-state index >= 15 is 0 Å². The number of carbonyl (C=O) groups excluding carboxylic acids is 1. The van der Waals surface area contributed by atoms with Crippen LogP contribution in [-0.4, -0.2) is 5.91 Å². The molecule has 1 amide bonds. The molecule has 1 aliphatic heterocycles. The molecular weight excluding hydrogens is 428 g/mol. The number of rotatable bonds is 5. The molecule has 32 heavy (non-hydrogen) atoms. The van der Waals surface area contributed by atoms with Crippen molar-refractivity contribution in [2.24, 2.45) is 5.41 Å².